The van der Waals surface area contributed by atoms with Crippen molar-refractivity contribution in [3.05, 3.63) is 34.4 Å². The first kappa shape index (κ1) is 14.1. The topological polar surface area (TPSA) is 63.3 Å². The minimum Gasteiger partial charge on any atom is -0.480 e. The van der Waals surface area contributed by atoms with Gasteiger partial charge in [-0.1, -0.05) is 17.7 Å². The second-order valence-corrected chi connectivity index (χ2v) is 5.37. The van der Waals surface area contributed by atoms with Crippen LogP contribution in [-0.4, -0.2) is 22.9 Å². The molecular formula is C13H19NO2S. The molecule has 0 aliphatic carbocycles. The van der Waals surface area contributed by atoms with Crippen LogP contribution in [0, 0.1) is 20.8 Å². The first-order valence-corrected chi connectivity index (χ1v) is 6.70. The van der Waals surface area contributed by atoms with Gasteiger partial charge in [-0.25, -0.2) is 0 Å². The van der Waals surface area contributed by atoms with Crippen LogP contribution in [0.5, 0.6) is 0 Å². The van der Waals surface area contributed by atoms with Crippen molar-refractivity contribution in [2.45, 2.75) is 32.6 Å². The summed E-state index contributed by atoms with van der Waals surface area (Å²) in [6, 6.07) is 3.53. The average molecular weight is 253 g/mol. The average Bonchev–Trinajstić information content (AvgIpc) is 2.21. The van der Waals surface area contributed by atoms with Gasteiger partial charge in [0, 0.05) is 11.5 Å². The fraction of sp³-hybridized carbons (Fsp3) is 0.462. The molecule has 0 saturated carbocycles. The molecule has 0 saturated heterocycles. The number of carboxylic acid groups (broad SMARTS) is 1. The van der Waals surface area contributed by atoms with Crippen LogP contribution in [0.25, 0.3) is 0 Å². The van der Waals surface area contributed by atoms with Gasteiger partial charge in [0.25, 0.3) is 0 Å². The molecule has 0 aliphatic heterocycles. The summed E-state index contributed by atoms with van der Waals surface area (Å²) in [7, 11) is 0. The van der Waals surface area contributed by atoms with Gasteiger partial charge >= 0.3 is 5.97 Å². The smallest absolute Gasteiger partial charge is 0.321 e. The Morgan fingerprint density at radius 3 is 2.35 bits per heavy atom. The maximum absolute atomic E-state index is 10.6. The van der Waals surface area contributed by atoms with Crippen molar-refractivity contribution in [3.8, 4) is 0 Å². The molecule has 17 heavy (non-hydrogen) atoms. The summed E-state index contributed by atoms with van der Waals surface area (Å²) >= 11 is 1.57. The van der Waals surface area contributed by atoms with Gasteiger partial charge in [-0.15, -0.1) is 0 Å². The predicted octanol–water partition coefficient (Wildman–Crippen LogP) is 2.26. The third-order valence-electron chi connectivity index (χ3n) is 2.70. The van der Waals surface area contributed by atoms with Crippen molar-refractivity contribution in [2.75, 3.05) is 5.75 Å². The highest BCUT2D eigenvalue weighted by Gasteiger charge is 2.12. The molecule has 0 spiro atoms. The van der Waals surface area contributed by atoms with Crippen LogP contribution in [-0.2, 0) is 10.5 Å². The van der Waals surface area contributed by atoms with Crippen LogP contribution in [0.4, 0.5) is 0 Å². The fourth-order valence-corrected chi connectivity index (χ4v) is 2.97. The highest BCUT2D eigenvalue weighted by atomic mass is 32.2. The summed E-state index contributed by atoms with van der Waals surface area (Å²) in [6.45, 7) is 6.26. The lowest BCUT2D eigenvalue weighted by atomic mass is 10.0. The molecule has 1 aromatic rings. The van der Waals surface area contributed by atoms with Gasteiger partial charge < -0.3 is 10.8 Å². The molecule has 4 heteroatoms. The molecule has 1 aromatic carbocycles. The maximum Gasteiger partial charge on any atom is 0.321 e. The lowest BCUT2D eigenvalue weighted by Crippen LogP contribution is -2.32. The zero-order valence-corrected chi connectivity index (χ0v) is 11.3. The SMILES string of the molecule is Cc1cc(C)c(CSC[C@H](N)C(=O)O)c(C)c1. The summed E-state index contributed by atoms with van der Waals surface area (Å²) in [5.41, 5.74) is 10.5. The number of aliphatic carboxylic acids is 1. The summed E-state index contributed by atoms with van der Waals surface area (Å²) < 4.78 is 0. The second-order valence-electron chi connectivity index (χ2n) is 4.34. The lowest BCUT2D eigenvalue weighted by Gasteiger charge is -2.12. The zero-order valence-electron chi connectivity index (χ0n) is 10.5. The minimum atomic E-state index is -0.935. The Morgan fingerprint density at radius 1 is 1.35 bits per heavy atom. The van der Waals surface area contributed by atoms with Crippen molar-refractivity contribution in [1.82, 2.24) is 0 Å². The minimum absolute atomic E-state index is 0.447. The van der Waals surface area contributed by atoms with E-state index in [1.807, 2.05) is 0 Å². The van der Waals surface area contributed by atoms with Gasteiger partial charge in [0.05, 0.1) is 0 Å². The van der Waals surface area contributed by atoms with Crippen molar-refractivity contribution in [3.63, 3.8) is 0 Å². The first-order chi connectivity index (χ1) is 7.91. The molecule has 1 atom stereocenters. The largest absolute Gasteiger partial charge is 0.480 e. The molecule has 3 N–H and O–H groups in total. The molecule has 0 amide bonds. The molecule has 0 heterocycles. The van der Waals surface area contributed by atoms with Gasteiger partial charge in [0.2, 0.25) is 0 Å². The molecule has 94 valence electrons. The van der Waals surface area contributed by atoms with E-state index >= 15 is 0 Å². The number of hydrogen-bond donors (Lipinski definition) is 2. The quantitative estimate of drug-likeness (QED) is 0.845. The Balaban J connectivity index is 2.61. The highest BCUT2D eigenvalue weighted by molar-refractivity contribution is 7.98. The van der Waals surface area contributed by atoms with Gasteiger partial charge in [0.1, 0.15) is 6.04 Å². The summed E-state index contributed by atoms with van der Waals surface area (Å²) in [4.78, 5) is 10.6. The molecule has 0 radical (unpaired) electrons. The zero-order chi connectivity index (χ0) is 13.0. The van der Waals surface area contributed by atoms with Gasteiger partial charge in [-0.2, -0.15) is 11.8 Å². The van der Waals surface area contributed by atoms with E-state index in [2.05, 4.69) is 32.9 Å². The van der Waals surface area contributed by atoms with Gasteiger partial charge in [-0.3, -0.25) is 4.79 Å². The molecule has 0 aliphatic rings. The number of carbonyl (C=O) groups is 1. The van der Waals surface area contributed by atoms with E-state index in [9.17, 15) is 4.79 Å². The van der Waals surface area contributed by atoms with Crippen molar-refractivity contribution in [2.24, 2.45) is 5.73 Å². The van der Waals surface area contributed by atoms with E-state index in [1.54, 1.807) is 11.8 Å². The van der Waals surface area contributed by atoms with Crippen LogP contribution in [0.15, 0.2) is 12.1 Å². The Bertz CT molecular complexity index is 395. The Morgan fingerprint density at radius 2 is 1.88 bits per heavy atom. The molecule has 0 aromatic heterocycles. The number of benzene rings is 1. The van der Waals surface area contributed by atoms with Crippen molar-refractivity contribution < 1.29 is 9.90 Å². The standard InChI is InChI=1S/C13H19NO2S/c1-8-4-9(2)11(10(3)5-8)6-17-7-12(14)13(15)16/h4-5,12H,6-7,14H2,1-3H3,(H,15,16)/t12-/m0/s1. The second kappa shape index (κ2) is 6.07. The Hall–Kier alpha value is -1.00. The maximum atomic E-state index is 10.6. The van der Waals surface area contributed by atoms with Crippen LogP contribution in [0.2, 0.25) is 0 Å². The van der Waals surface area contributed by atoms with E-state index in [1.165, 1.54) is 22.3 Å². The molecule has 0 fully saturated rings. The number of thioether (sulfide) groups is 1. The van der Waals surface area contributed by atoms with Crippen LogP contribution in [0.1, 0.15) is 22.3 Å². The Labute approximate surface area is 106 Å². The number of carboxylic acids is 1. The normalized spacial score (nSPS) is 12.5. The number of aryl methyl sites for hydroxylation is 3. The lowest BCUT2D eigenvalue weighted by molar-refractivity contribution is -0.137. The van der Waals surface area contributed by atoms with E-state index < -0.39 is 12.0 Å². The number of nitrogens with two attached hydrogens (primary N) is 1. The number of rotatable bonds is 5. The van der Waals surface area contributed by atoms with Crippen LogP contribution < -0.4 is 5.73 Å². The molecule has 3 nitrogen and oxygen atoms in total. The molecule has 0 unspecified atom stereocenters. The highest BCUT2D eigenvalue weighted by Crippen LogP contribution is 2.22. The summed E-state index contributed by atoms with van der Waals surface area (Å²) in [6.07, 6.45) is 0. The first-order valence-electron chi connectivity index (χ1n) is 5.54. The van der Waals surface area contributed by atoms with Crippen LogP contribution in [0.3, 0.4) is 0 Å². The number of hydrogen-bond acceptors (Lipinski definition) is 3. The molecule has 0 bridgehead atoms. The third-order valence-corrected chi connectivity index (χ3v) is 3.79. The van der Waals surface area contributed by atoms with Crippen molar-refractivity contribution >= 4 is 17.7 Å². The van der Waals surface area contributed by atoms with E-state index in [4.69, 9.17) is 10.8 Å². The predicted molar refractivity (Wildman–Crippen MR) is 72.4 cm³/mol. The van der Waals surface area contributed by atoms with Gasteiger partial charge in [0.15, 0.2) is 0 Å². The fourth-order valence-electron chi connectivity index (χ4n) is 1.80. The third kappa shape index (κ3) is 4.06. The van der Waals surface area contributed by atoms with Gasteiger partial charge in [-0.05, 0) is 37.5 Å². The summed E-state index contributed by atoms with van der Waals surface area (Å²) in [5.74, 6) is 0.330. The monoisotopic (exact) mass is 253 g/mol. The van der Waals surface area contributed by atoms with E-state index in [0.717, 1.165) is 5.75 Å². The van der Waals surface area contributed by atoms with E-state index in [-0.39, 0.29) is 0 Å². The summed E-state index contributed by atoms with van der Waals surface area (Å²) in [5, 5.41) is 8.69. The van der Waals surface area contributed by atoms with Crippen LogP contribution >= 0.6 is 11.8 Å². The molecule has 1 rings (SSSR count). The Kier molecular flexibility index (Phi) is 5.02. The van der Waals surface area contributed by atoms with E-state index in [0.29, 0.717) is 5.75 Å². The van der Waals surface area contributed by atoms with Crippen molar-refractivity contribution in [1.29, 1.82) is 0 Å². The molecular weight excluding hydrogens is 234 g/mol.